The fourth-order valence-corrected chi connectivity index (χ4v) is 3.25. The van der Waals surface area contributed by atoms with Crippen LogP contribution in [0.15, 0.2) is 42.7 Å². The number of anilines is 1. The summed E-state index contributed by atoms with van der Waals surface area (Å²) in [6.07, 6.45) is 1.37. The molecule has 1 amide bonds. The van der Waals surface area contributed by atoms with Crippen molar-refractivity contribution in [2.75, 3.05) is 25.6 Å². The van der Waals surface area contributed by atoms with Crippen LogP contribution < -0.4 is 10.1 Å². The van der Waals surface area contributed by atoms with Gasteiger partial charge in [-0.1, -0.05) is 0 Å². The maximum atomic E-state index is 12.6. The molecule has 0 bridgehead atoms. The van der Waals surface area contributed by atoms with Gasteiger partial charge in [0.2, 0.25) is 5.91 Å². The van der Waals surface area contributed by atoms with Crippen molar-refractivity contribution in [2.24, 2.45) is 0 Å². The van der Waals surface area contributed by atoms with E-state index in [1.165, 1.54) is 24.5 Å². The molecule has 0 radical (unpaired) electrons. The zero-order chi connectivity index (χ0) is 19.7. The van der Waals surface area contributed by atoms with Crippen molar-refractivity contribution in [2.45, 2.75) is 5.92 Å². The number of nitrogens with one attached hydrogen (secondary N) is 1. The van der Waals surface area contributed by atoms with E-state index in [-0.39, 0.29) is 11.6 Å². The van der Waals surface area contributed by atoms with E-state index in [1.54, 1.807) is 25.3 Å². The molecule has 0 saturated carbocycles. The number of carbonyl (C=O) groups excluding carboxylic acids is 1. The maximum Gasteiger partial charge on any atom is 0.269 e. The molecule has 0 fully saturated rings. The van der Waals surface area contributed by atoms with Crippen molar-refractivity contribution in [3.8, 4) is 5.75 Å². The predicted molar refractivity (Wildman–Crippen MR) is 100 cm³/mol. The van der Waals surface area contributed by atoms with Gasteiger partial charge in [-0.2, -0.15) is 0 Å². The topological polar surface area (TPSA) is 116 Å². The van der Waals surface area contributed by atoms with Crippen molar-refractivity contribution >= 4 is 28.2 Å². The predicted octanol–water partition coefficient (Wildman–Crippen LogP) is 2.65. The summed E-state index contributed by atoms with van der Waals surface area (Å²) < 4.78 is 10.6. The van der Waals surface area contributed by atoms with Crippen LogP contribution in [-0.4, -0.2) is 41.1 Å². The van der Waals surface area contributed by atoms with Crippen LogP contribution >= 0.6 is 0 Å². The first-order valence-electron chi connectivity index (χ1n) is 8.54. The van der Waals surface area contributed by atoms with Crippen LogP contribution in [0.2, 0.25) is 0 Å². The van der Waals surface area contributed by atoms with E-state index in [1.807, 2.05) is 0 Å². The van der Waals surface area contributed by atoms with Crippen LogP contribution in [0.25, 0.3) is 10.9 Å². The molecule has 3 aromatic rings. The summed E-state index contributed by atoms with van der Waals surface area (Å²) in [4.78, 5) is 31.9. The van der Waals surface area contributed by atoms with Gasteiger partial charge in [0.1, 0.15) is 24.6 Å². The molecule has 1 aliphatic heterocycles. The fraction of sp³-hybridized carbons (Fsp3) is 0.211. The van der Waals surface area contributed by atoms with Gasteiger partial charge in [-0.05, 0) is 18.2 Å². The van der Waals surface area contributed by atoms with E-state index < -0.39 is 10.8 Å². The van der Waals surface area contributed by atoms with Gasteiger partial charge in [0.25, 0.3) is 5.69 Å². The van der Waals surface area contributed by atoms with Gasteiger partial charge >= 0.3 is 0 Å². The molecule has 9 nitrogen and oxygen atoms in total. The standard InChI is InChI=1S/C19H16N4O5/c1-27-6-7-28-12-3-4-13-16(9-12)20-10-21-18(13)17-14-8-11(23(25)26)2-5-15(14)22-19(17)24/h2-5,8-10,17H,6-7H2,1H3,(H,22,24). The molecule has 0 saturated heterocycles. The van der Waals surface area contributed by atoms with E-state index in [4.69, 9.17) is 9.47 Å². The molecule has 2 aromatic carbocycles. The Labute approximate surface area is 159 Å². The van der Waals surface area contributed by atoms with Crippen molar-refractivity contribution < 1.29 is 19.2 Å². The zero-order valence-electron chi connectivity index (χ0n) is 14.9. The van der Waals surface area contributed by atoms with Gasteiger partial charge in [0.05, 0.1) is 22.7 Å². The van der Waals surface area contributed by atoms with Gasteiger partial charge in [-0.25, -0.2) is 9.97 Å². The summed E-state index contributed by atoms with van der Waals surface area (Å²) in [5.74, 6) is -0.405. The summed E-state index contributed by atoms with van der Waals surface area (Å²) in [6, 6.07) is 9.63. The highest BCUT2D eigenvalue weighted by Gasteiger charge is 2.35. The smallest absolute Gasteiger partial charge is 0.269 e. The lowest BCUT2D eigenvalue weighted by atomic mass is 9.94. The minimum Gasteiger partial charge on any atom is -0.491 e. The van der Waals surface area contributed by atoms with Crippen LogP contribution in [0.3, 0.4) is 0 Å². The molecule has 1 N–H and O–H groups in total. The molecule has 0 spiro atoms. The molecule has 1 unspecified atom stereocenters. The van der Waals surface area contributed by atoms with Crippen molar-refractivity contribution in [1.82, 2.24) is 9.97 Å². The van der Waals surface area contributed by atoms with Crippen LogP contribution in [0.5, 0.6) is 5.75 Å². The van der Waals surface area contributed by atoms with Crippen molar-refractivity contribution in [1.29, 1.82) is 0 Å². The summed E-state index contributed by atoms with van der Waals surface area (Å²) in [5, 5.41) is 14.6. The molecule has 1 atom stereocenters. The molecule has 1 aromatic heterocycles. The molecular formula is C19H16N4O5. The van der Waals surface area contributed by atoms with E-state index in [9.17, 15) is 14.9 Å². The lowest BCUT2D eigenvalue weighted by Gasteiger charge is -2.12. The monoisotopic (exact) mass is 380 g/mol. The number of hydrogen-bond acceptors (Lipinski definition) is 7. The van der Waals surface area contributed by atoms with Crippen molar-refractivity contribution in [3.05, 3.63) is 64.1 Å². The third-order valence-corrected chi connectivity index (χ3v) is 4.55. The van der Waals surface area contributed by atoms with Crippen molar-refractivity contribution in [3.63, 3.8) is 0 Å². The number of aromatic nitrogens is 2. The van der Waals surface area contributed by atoms with Gasteiger partial charge < -0.3 is 14.8 Å². The number of nitrogens with zero attached hydrogens (tertiary/aromatic N) is 3. The lowest BCUT2D eigenvalue weighted by Crippen LogP contribution is -2.15. The van der Waals surface area contributed by atoms with E-state index in [0.717, 1.165) is 0 Å². The highest BCUT2D eigenvalue weighted by Crippen LogP contribution is 2.40. The largest absolute Gasteiger partial charge is 0.491 e. The first-order valence-corrected chi connectivity index (χ1v) is 8.54. The Morgan fingerprint density at radius 1 is 1.18 bits per heavy atom. The fourth-order valence-electron chi connectivity index (χ4n) is 3.25. The second kappa shape index (κ2) is 7.20. The Hall–Kier alpha value is -3.59. The van der Waals surface area contributed by atoms with Gasteiger partial charge in [-0.3, -0.25) is 14.9 Å². The van der Waals surface area contributed by atoms with Crippen LogP contribution in [-0.2, 0) is 9.53 Å². The van der Waals surface area contributed by atoms with Crippen LogP contribution in [0, 0.1) is 10.1 Å². The number of rotatable bonds is 6. The Morgan fingerprint density at radius 2 is 2.04 bits per heavy atom. The van der Waals surface area contributed by atoms with E-state index >= 15 is 0 Å². The highest BCUT2D eigenvalue weighted by atomic mass is 16.6. The molecule has 1 aliphatic rings. The highest BCUT2D eigenvalue weighted by molar-refractivity contribution is 6.07. The first-order chi connectivity index (χ1) is 13.6. The molecular weight excluding hydrogens is 364 g/mol. The number of amides is 1. The summed E-state index contributed by atoms with van der Waals surface area (Å²) in [6.45, 7) is 0.868. The molecule has 0 aliphatic carbocycles. The van der Waals surface area contributed by atoms with Crippen LogP contribution in [0.1, 0.15) is 17.2 Å². The lowest BCUT2D eigenvalue weighted by molar-refractivity contribution is -0.384. The van der Waals surface area contributed by atoms with Gasteiger partial charge in [0.15, 0.2) is 0 Å². The molecule has 142 valence electrons. The summed E-state index contributed by atoms with van der Waals surface area (Å²) in [5.41, 5.74) is 2.11. The van der Waals surface area contributed by atoms with E-state index in [2.05, 4.69) is 15.3 Å². The van der Waals surface area contributed by atoms with Crippen LogP contribution in [0.4, 0.5) is 11.4 Å². The number of ether oxygens (including phenoxy) is 2. The number of hydrogen-bond donors (Lipinski definition) is 1. The quantitative estimate of drug-likeness (QED) is 0.397. The number of non-ortho nitro benzene ring substituents is 1. The molecule has 2 heterocycles. The third kappa shape index (κ3) is 3.12. The third-order valence-electron chi connectivity index (χ3n) is 4.55. The zero-order valence-corrected chi connectivity index (χ0v) is 14.9. The second-order valence-corrected chi connectivity index (χ2v) is 6.23. The number of carbonyl (C=O) groups is 1. The molecule has 4 rings (SSSR count). The Balaban J connectivity index is 1.76. The minimum atomic E-state index is -0.749. The van der Waals surface area contributed by atoms with Gasteiger partial charge in [0, 0.05) is 41.9 Å². The first kappa shape index (κ1) is 17.8. The number of benzene rings is 2. The molecule has 9 heteroatoms. The average Bonchev–Trinajstić information content (AvgIpc) is 3.02. The number of fused-ring (bicyclic) bond motifs is 2. The SMILES string of the molecule is COCCOc1ccc2c(C3C(=O)Nc4ccc([N+](=O)[O-])cc43)ncnc2c1. The maximum absolute atomic E-state index is 12.6. The van der Waals surface area contributed by atoms with Gasteiger partial charge in [-0.15, -0.1) is 0 Å². The normalized spacial score (nSPS) is 15.3. The molecule has 28 heavy (non-hydrogen) atoms. The number of methoxy groups -OCH3 is 1. The Kier molecular flexibility index (Phi) is 4.58. The number of nitro benzene ring substituents is 1. The average molecular weight is 380 g/mol. The number of nitro groups is 1. The summed E-state index contributed by atoms with van der Waals surface area (Å²) in [7, 11) is 1.60. The second-order valence-electron chi connectivity index (χ2n) is 6.23. The van der Waals surface area contributed by atoms with E-state index in [0.29, 0.717) is 46.8 Å². The summed E-state index contributed by atoms with van der Waals surface area (Å²) >= 11 is 0. The minimum absolute atomic E-state index is 0.0764. The Morgan fingerprint density at radius 3 is 2.82 bits per heavy atom. The Bertz CT molecular complexity index is 1090.